The lowest BCUT2D eigenvalue weighted by atomic mass is 9.91. The second kappa shape index (κ2) is 10.2. The molecule has 0 bridgehead atoms. The summed E-state index contributed by atoms with van der Waals surface area (Å²) in [6.07, 6.45) is 5.34. The quantitative estimate of drug-likeness (QED) is 0.224. The summed E-state index contributed by atoms with van der Waals surface area (Å²) in [5.74, 6) is 0.271. The molecule has 4 aromatic rings. The van der Waals surface area contributed by atoms with Crippen molar-refractivity contribution >= 4 is 41.6 Å². The minimum atomic E-state index is -3.28. The largest absolute Gasteiger partial charge is 0.477 e. The second-order valence-corrected chi connectivity index (χ2v) is 12.7. The summed E-state index contributed by atoms with van der Waals surface area (Å²) in [7, 11) is -3.28. The van der Waals surface area contributed by atoms with Crippen molar-refractivity contribution in [3.8, 4) is 21.8 Å². The van der Waals surface area contributed by atoms with Crippen molar-refractivity contribution in [2.45, 2.75) is 45.2 Å². The normalized spacial score (nSPS) is 19.7. The van der Waals surface area contributed by atoms with Crippen molar-refractivity contribution in [3.63, 3.8) is 0 Å². The average molecular weight is 525 g/mol. The minimum Gasteiger partial charge on any atom is -0.477 e. The van der Waals surface area contributed by atoms with Crippen molar-refractivity contribution in [2.75, 3.05) is 11.7 Å². The number of anilines is 1. The van der Waals surface area contributed by atoms with Gasteiger partial charge in [0.05, 0.1) is 18.0 Å². The average Bonchev–Trinajstić information content (AvgIpc) is 3.49. The molecule has 5 rings (SSSR count). The molecule has 1 aliphatic rings. The first-order valence-corrected chi connectivity index (χ1v) is 14.7. The molecule has 7 nitrogen and oxygen atoms in total. The number of carboxylic acid groups (broad SMARTS) is 1. The molecule has 188 valence electrons. The van der Waals surface area contributed by atoms with Gasteiger partial charge in [-0.1, -0.05) is 31.2 Å². The number of nitrogens with one attached hydrogen (secondary N) is 1. The van der Waals surface area contributed by atoms with Crippen molar-refractivity contribution in [3.05, 3.63) is 59.6 Å². The van der Waals surface area contributed by atoms with Crippen LogP contribution in [-0.2, 0) is 9.09 Å². The number of nitrogens with zero attached hydrogens (tertiary/aromatic N) is 1. The molecular weight excluding hydrogens is 495 g/mol. The van der Waals surface area contributed by atoms with Crippen molar-refractivity contribution in [1.29, 1.82) is 0 Å². The number of aromatic carboxylic acids is 1. The Morgan fingerprint density at radius 3 is 2.56 bits per heavy atom. The highest BCUT2D eigenvalue weighted by Crippen LogP contribution is 2.57. The summed E-state index contributed by atoms with van der Waals surface area (Å²) in [5, 5.41) is 13.0. The highest BCUT2D eigenvalue weighted by Gasteiger charge is 2.38. The monoisotopic (exact) mass is 524 g/mol. The third-order valence-electron chi connectivity index (χ3n) is 6.73. The number of benzene rings is 1. The molecule has 0 radical (unpaired) electrons. The Labute approximate surface area is 214 Å². The molecule has 3 heterocycles. The highest BCUT2D eigenvalue weighted by atomic mass is 32.1. The van der Waals surface area contributed by atoms with Crippen LogP contribution in [0.4, 0.5) is 5.69 Å². The summed E-state index contributed by atoms with van der Waals surface area (Å²) in [4.78, 5) is 17.3. The number of pyridine rings is 1. The molecule has 36 heavy (non-hydrogen) atoms. The third-order valence-corrected chi connectivity index (χ3v) is 10.6. The molecule has 0 saturated heterocycles. The van der Waals surface area contributed by atoms with Gasteiger partial charge in [-0.15, -0.1) is 11.3 Å². The number of furan rings is 1. The Hall–Kier alpha value is -2.93. The van der Waals surface area contributed by atoms with Gasteiger partial charge in [-0.2, -0.15) is 0 Å². The molecule has 2 N–H and O–H groups in total. The first-order chi connectivity index (χ1) is 17.4. The molecule has 1 aromatic carbocycles. The van der Waals surface area contributed by atoms with Gasteiger partial charge in [-0.25, -0.2) is 4.79 Å². The van der Waals surface area contributed by atoms with E-state index in [1.54, 1.807) is 12.3 Å². The predicted octanol–water partition coefficient (Wildman–Crippen LogP) is 8.14. The van der Waals surface area contributed by atoms with E-state index in [1.165, 1.54) is 0 Å². The van der Waals surface area contributed by atoms with Gasteiger partial charge < -0.3 is 19.1 Å². The maximum atomic E-state index is 13.9. The van der Waals surface area contributed by atoms with E-state index in [1.807, 2.05) is 49.4 Å². The number of hydrogen-bond acceptors (Lipinski definition) is 6. The van der Waals surface area contributed by atoms with Gasteiger partial charge in [0, 0.05) is 22.7 Å². The fourth-order valence-electron chi connectivity index (χ4n) is 4.76. The zero-order valence-corrected chi connectivity index (χ0v) is 22.0. The zero-order chi connectivity index (χ0) is 25.3. The number of thiophene rings is 1. The van der Waals surface area contributed by atoms with Crippen LogP contribution in [0.15, 0.2) is 59.1 Å². The molecule has 0 aliphatic heterocycles. The Morgan fingerprint density at radius 2 is 1.89 bits per heavy atom. The zero-order valence-electron chi connectivity index (χ0n) is 20.3. The molecule has 9 heteroatoms. The van der Waals surface area contributed by atoms with Crippen molar-refractivity contribution < 1.29 is 23.4 Å². The lowest BCUT2D eigenvalue weighted by molar-refractivity contribution is 0.0703. The smallest absolute Gasteiger partial charge is 0.348 e. The predicted molar refractivity (Wildman–Crippen MR) is 144 cm³/mol. The summed E-state index contributed by atoms with van der Waals surface area (Å²) < 4.78 is 25.6. The van der Waals surface area contributed by atoms with Crippen LogP contribution >= 0.6 is 18.9 Å². The lowest BCUT2D eigenvalue weighted by Gasteiger charge is -2.32. The van der Waals surface area contributed by atoms with E-state index in [-0.39, 0.29) is 10.5 Å². The summed E-state index contributed by atoms with van der Waals surface area (Å²) >= 11 is 1.16. The second-order valence-electron chi connectivity index (χ2n) is 9.27. The van der Waals surface area contributed by atoms with Crippen LogP contribution in [0.2, 0.25) is 0 Å². The van der Waals surface area contributed by atoms with Crippen LogP contribution < -0.4 is 5.09 Å². The molecular formula is C27H29N2O5PS. The van der Waals surface area contributed by atoms with Gasteiger partial charge in [-0.3, -0.25) is 9.55 Å². The number of fused-ring (bicyclic) bond motifs is 1. The van der Waals surface area contributed by atoms with Crippen LogP contribution in [0, 0.1) is 5.92 Å². The maximum absolute atomic E-state index is 13.9. The van der Waals surface area contributed by atoms with Gasteiger partial charge in [0.15, 0.2) is 5.58 Å². The summed E-state index contributed by atoms with van der Waals surface area (Å²) in [5.41, 5.74) is 3.52. The number of hydrogen-bond donors (Lipinski definition) is 2. The number of carbonyl (C=O) groups is 1. The fourth-order valence-corrected chi connectivity index (χ4v) is 8.12. The maximum Gasteiger partial charge on any atom is 0.348 e. The van der Waals surface area contributed by atoms with Gasteiger partial charge in [0.25, 0.3) is 7.52 Å². The SMILES string of the molecule is CCO[P@@](=O)(Nc1cc(-c2ccc(-c3cc4ncccc4o3)cc2)sc1C(=O)O)C1CCC(C)CC1. The number of aromatic nitrogens is 1. The molecule has 0 unspecified atom stereocenters. The molecule has 0 amide bonds. The van der Waals surface area contributed by atoms with Gasteiger partial charge in [0.1, 0.15) is 16.2 Å². The van der Waals surface area contributed by atoms with Gasteiger partial charge in [-0.05, 0) is 62.3 Å². The number of carboxylic acids is 1. The first-order valence-electron chi connectivity index (χ1n) is 12.2. The van der Waals surface area contributed by atoms with E-state index >= 15 is 0 Å². The highest BCUT2D eigenvalue weighted by molar-refractivity contribution is 7.61. The Bertz CT molecular complexity index is 1390. The molecule has 3 aromatic heterocycles. The van der Waals surface area contributed by atoms with E-state index < -0.39 is 13.5 Å². The van der Waals surface area contributed by atoms with E-state index in [4.69, 9.17) is 8.94 Å². The Morgan fingerprint density at radius 1 is 1.17 bits per heavy atom. The Kier molecular flexibility index (Phi) is 7.02. The van der Waals surface area contributed by atoms with Gasteiger partial charge >= 0.3 is 5.97 Å². The molecule has 1 saturated carbocycles. The summed E-state index contributed by atoms with van der Waals surface area (Å²) in [6.45, 7) is 4.32. The fraction of sp³-hybridized carbons (Fsp3) is 0.333. The Balaban J connectivity index is 1.42. The van der Waals surface area contributed by atoms with Crippen LogP contribution in [0.1, 0.15) is 49.2 Å². The van der Waals surface area contributed by atoms with E-state index in [9.17, 15) is 14.5 Å². The molecule has 1 aliphatic carbocycles. The lowest BCUT2D eigenvalue weighted by Crippen LogP contribution is -2.22. The van der Waals surface area contributed by atoms with Crippen LogP contribution in [0.25, 0.3) is 32.9 Å². The van der Waals surface area contributed by atoms with Crippen molar-refractivity contribution in [1.82, 2.24) is 4.98 Å². The van der Waals surface area contributed by atoms with Crippen LogP contribution in [0.3, 0.4) is 0 Å². The van der Waals surface area contributed by atoms with E-state index in [2.05, 4.69) is 17.0 Å². The first kappa shape index (κ1) is 24.8. The minimum absolute atomic E-state index is 0.115. The van der Waals surface area contributed by atoms with Crippen molar-refractivity contribution in [2.24, 2.45) is 5.92 Å². The molecule has 1 atom stereocenters. The molecule has 0 spiro atoms. The van der Waals surface area contributed by atoms with E-state index in [0.29, 0.717) is 18.2 Å². The standard InChI is InChI=1S/C27H29N2O5PS/c1-3-33-35(32,20-12-6-17(2)7-13-20)29-22-16-25(36-26(22)27(30)31)19-10-8-18(9-11-19)24-15-21-23(34-24)5-4-14-28-21/h4-5,8-11,14-17,20H,3,6-7,12-13H2,1-2H3,(H,29,32)(H,30,31)/t17?,20?,35-/m1/s1. The summed E-state index contributed by atoms with van der Waals surface area (Å²) in [6, 6.07) is 15.1. The van der Waals surface area contributed by atoms with Crippen LogP contribution in [0.5, 0.6) is 0 Å². The van der Waals surface area contributed by atoms with E-state index in [0.717, 1.165) is 69.9 Å². The molecule has 1 fully saturated rings. The van der Waals surface area contributed by atoms with Gasteiger partial charge in [0.2, 0.25) is 0 Å². The van der Waals surface area contributed by atoms with Crippen LogP contribution in [-0.4, -0.2) is 28.3 Å². The third kappa shape index (κ3) is 4.99. The topological polar surface area (TPSA) is 102 Å². The number of rotatable bonds is 8.